The fourth-order valence-electron chi connectivity index (χ4n) is 1.53. The Hall–Kier alpha value is -1.66. The molecule has 0 saturated carbocycles. The summed E-state index contributed by atoms with van der Waals surface area (Å²) in [6, 6.07) is 3.84. The quantitative estimate of drug-likeness (QED) is 0.785. The number of rotatable bonds is 5. The molecule has 0 bridgehead atoms. The summed E-state index contributed by atoms with van der Waals surface area (Å²) in [4.78, 5) is 8.53. The highest BCUT2D eigenvalue weighted by molar-refractivity contribution is 9.10. The van der Waals surface area contributed by atoms with Crippen LogP contribution in [0.15, 0.2) is 41.4 Å². The van der Waals surface area contributed by atoms with Crippen LogP contribution in [0.4, 0.5) is 5.69 Å². The second-order valence-corrected chi connectivity index (χ2v) is 4.46. The number of nitrogens with zero attached hydrogens (tertiary/aromatic N) is 2. The summed E-state index contributed by atoms with van der Waals surface area (Å²) in [7, 11) is 0. The van der Waals surface area contributed by atoms with Gasteiger partial charge in [-0.15, -0.1) is 0 Å². The van der Waals surface area contributed by atoms with Crippen LogP contribution in [-0.4, -0.2) is 23.1 Å². The monoisotopic (exact) mass is 307 g/mol. The molecule has 0 atom stereocenters. The Morgan fingerprint density at radius 1 is 1.33 bits per heavy atom. The zero-order valence-electron chi connectivity index (χ0n) is 9.78. The highest BCUT2D eigenvalue weighted by Gasteiger charge is 2.07. The maximum Gasteiger partial charge on any atom is 0.105 e. The molecule has 2 aromatic rings. The van der Waals surface area contributed by atoms with Crippen molar-refractivity contribution in [3.8, 4) is 0 Å². The van der Waals surface area contributed by atoms with E-state index in [1.807, 2.05) is 12.1 Å². The Bertz CT molecular complexity index is 569. The maximum absolute atomic E-state index is 5.42. The van der Waals surface area contributed by atoms with Gasteiger partial charge in [0.1, 0.15) is 5.52 Å². The summed E-state index contributed by atoms with van der Waals surface area (Å²) < 4.78 is 0.865. The first kappa shape index (κ1) is 12.8. The molecule has 1 aromatic carbocycles. The van der Waals surface area contributed by atoms with E-state index in [-0.39, 0.29) is 0 Å². The number of benzene rings is 1. The van der Waals surface area contributed by atoms with Crippen molar-refractivity contribution in [1.29, 1.82) is 0 Å². The third kappa shape index (κ3) is 2.77. The minimum atomic E-state index is 0.561. The maximum atomic E-state index is 5.42. The van der Waals surface area contributed by atoms with Crippen LogP contribution < -0.4 is 16.4 Å². The molecule has 0 amide bonds. The molecule has 0 fully saturated rings. The number of aromatic nitrogens is 2. The summed E-state index contributed by atoms with van der Waals surface area (Å²) in [5, 5.41) is 6.23. The molecule has 0 radical (unpaired) electrons. The third-order valence-electron chi connectivity index (χ3n) is 2.35. The molecule has 0 spiro atoms. The van der Waals surface area contributed by atoms with Crippen molar-refractivity contribution in [1.82, 2.24) is 15.3 Å². The highest BCUT2D eigenvalue weighted by Crippen LogP contribution is 2.29. The Morgan fingerprint density at radius 2 is 2.11 bits per heavy atom. The smallest absolute Gasteiger partial charge is 0.105 e. The average Bonchev–Trinajstić information content (AvgIpc) is 2.40. The average molecular weight is 308 g/mol. The van der Waals surface area contributed by atoms with E-state index in [1.165, 1.54) is 0 Å². The number of anilines is 1. The normalized spacial score (nSPS) is 10.3. The van der Waals surface area contributed by atoms with Crippen molar-refractivity contribution in [2.75, 3.05) is 18.4 Å². The van der Waals surface area contributed by atoms with Gasteiger partial charge in [0.25, 0.3) is 0 Å². The van der Waals surface area contributed by atoms with E-state index in [1.54, 1.807) is 12.4 Å². The molecule has 0 aliphatic carbocycles. The summed E-state index contributed by atoms with van der Waals surface area (Å²) in [6.07, 6.45) is 3.34. The largest absolute Gasteiger partial charge is 0.371 e. The van der Waals surface area contributed by atoms with Crippen molar-refractivity contribution in [2.45, 2.75) is 0 Å². The topological polar surface area (TPSA) is 75.9 Å². The molecule has 0 aliphatic heterocycles. The highest BCUT2D eigenvalue weighted by atomic mass is 79.9. The van der Waals surface area contributed by atoms with Gasteiger partial charge in [-0.25, -0.2) is 0 Å². The molecule has 0 saturated heterocycles. The van der Waals surface area contributed by atoms with E-state index in [2.05, 4.69) is 43.1 Å². The van der Waals surface area contributed by atoms with Gasteiger partial charge in [0.2, 0.25) is 0 Å². The molecule has 2 rings (SSSR count). The summed E-state index contributed by atoms with van der Waals surface area (Å²) in [6.45, 7) is 5.11. The molecule has 1 aromatic heterocycles. The third-order valence-corrected chi connectivity index (χ3v) is 3.15. The zero-order chi connectivity index (χ0) is 13.0. The molecule has 5 nitrogen and oxygen atoms in total. The van der Waals surface area contributed by atoms with Crippen LogP contribution in [0.5, 0.6) is 0 Å². The van der Waals surface area contributed by atoms with Crippen LogP contribution in [0, 0.1) is 0 Å². The van der Waals surface area contributed by atoms with Crippen LogP contribution in [0.2, 0.25) is 0 Å². The van der Waals surface area contributed by atoms with Crippen molar-refractivity contribution in [2.24, 2.45) is 5.73 Å². The molecule has 1 heterocycles. The van der Waals surface area contributed by atoms with Crippen LogP contribution in [0.25, 0.3) is 11.0 Å². The van der Waals surface area contributed by atoms with Gasteiger partial charge in [-0.3, -0.25) is 9.97 Å². The van der Waals surface area contributed by atoms with E-state index < -0.39 is 0 Å². The van der Waals surface area contributed by atoms with E-state index in [0.29, 0.717) is 18.9 Å². The molecule has 94 valence electrons. The predicted octanol–water partition coefficient (Wildman–Crippen LogP) is 1.82. The minimum Gasteiger partial charge on any atom is -0.371 e. The zero-order valence-corrected chi connectivity index (χ0v) is 11.4. The van der Waals surface area contributed by atoms with Gasteiger partial charge >= 0.3 is 0 Å². The van der Waals surface area contributed by atoms with Gasteiger partial charge in [0.05, 0.1) is 21.5 Å². The number of hydrogen-bond acceptors (Lipinski definition) is 5. The van der Waals surface area contributed by atoms with Crippen molar-refractivity contribution in [3.63, 3.8) is 0 Å². The van der Waals surface area contributed by atoms with Gasteiger partial charge in [-0.1, -0.05) is 6.58 Å². The number of fused-ring (bicyclic) bond motifs is 1. The number of nitrogens with two attached hydrogens (primary N) is 1. The predicted molar refractivity (Wildman–Crippen MR) is 77.1 cm³/mol. The van der Waals surface area contributed by atoms with E-state index in [9.17, 15) is 0 Å². The lowest BCUT2D eigenvalue weighted by Crippen LogP contribution is -2.25. The fourth-order valence-corrected chi connectivity index (χ4v) is 2.07. The van der Waals surface area contributed by atoms with E-state index in [4.69, 9.17) is 5.73 Å². The molecule has 0 unspecified atom stereocenters. The second-order valence-electron chi connectivity index (χ2n) is 3.67. The molecule has 4 N–H and O–H groups in total. The minimum absolute atomic E-state index is 0.561. The van der Waals surface area contributed by atoms with Crippen LogP contribution in [0.1, 0.15) is 0 Å². The fraction of sp³-hybridized carbons (Fsp3) is 0.167. The van der Waals surface area contributed by atoms with Crippen molar-refractivity contribution >= 4 is 32.7 Å². The summed E-state index contributed by atoms with van der Waals surface area (Å²) >= 11 is 3.52. The molecule has 6 heteroatoms. The van der Waals surface area contributed by atoms with Gasteiger partial charge in [0, 0.05) is 25.5 Å². The molecular formula is C12H14BrN5. The summed E-state index contributed by atoms with van der Waals surface area (Å²) in [5.41, 5.74) is 7.96. The lowest BCUT2D eigenvalue weighted by molar-refractivity contribution is 0.804. The molecule has 0 aliphatic rings. The molecular weight excluding hydrogens is 294 g/mol. The van der Waals surface area contributed by atoms with Crippen LogP contribution in [-0.2, 0) is 0 Å². The van der Waals surface area contributed by atoms with Crippen LogP contribution in [0.3, 0.4) is 0 Å². The standard InChI is InChI=1S/C12H14BrN5/c1-8(15-5-4-14)18-9-2-3-10-12(11(9)13)17-7-6-16-10/h2-3,6-7,15,18H,1,4-5,14H2. The Morgan fingerprint density at radius 3 is 2.89 bits per heavy atom. The number of nitrogens with one attached hydrogen (secondary N) is 2. The first-order valence-electron chi connectivity index (χ1n) is 5.51. The summed E-state index contributed by atoms with van der Waals surface area (Å²) in [5.74, 6) is 0.699. The van der Waals surface area contributed by atoms with Crippen molar-refractivity contribution < 1.29 is 0 Å². The van der Waals surface area contributed by atoms with Gasteiger partial charge in [-0.05, 0) is 28.1 Å². The van der Waals surface area contributed by atoms with E-state index in [0.717, 1.165) is 21.2 Å². The first-order chi connectivity index (χ1) is 8.72. The van der Waals surface area contributed by atoms with Gasteiger partial charge in [0.15, 0.2) is 0 Å². The number of halogens is 1. The van der Waals surface area contributed by atoms with Gasteiger partial charge in [-0.2, -0.15) is 0 Å². The lowest BCUT2D eigenvalue weighted by atomic mass is 10.2. The second kappa shape index (κ2) is 5.79. The SMILES string of the molecule is C=C(NCCN)Nc1ccc2nccnc2c1Br. The lowest BCUT2D eigenvalue weighted by Gasteiger charge is -2.13. The molecule has 18 heavy (non-hydrogen) atoms. The van der Waals surface area contributed by atoms with E-state index >= 15 is 0 Å². The van der Waals surface area contributed by atoms with Gasteiger partial charge < -0.3 is 16.4 Å². The Labute approximate surface area is 114 Å². The van der Waals surface area contributed by atoms with Crippen molar-refractivity contribution in [3.05, 3.63) is 41.4 Å². The Balaban J connectivity index is 2.24. The number of hydrogen-bond donors (Lipinski definition) is 3. The van der Waals surface area contributed by atoms with Crippen LogP contribution >= 0.6 is 15.9 Å². The first-order valence-corrected chi connectivity index (χ1v) is 6.30. The Kier molecular flexibility index (Phi) is 4.11.